The molecule has 3 nitrogen and oxygen atoms in total. The van der Waals surface area contributed by atoms with Gasteiger partial charge in [0.25, 0.3) is 0 Å². The summed E-state index contributed by atoms with van der Waals surface area (Å²) in [4.78, 5) is 4.32. The Bertz CT molecular complexity index is 223. The first kappa shape index (κ1) is 13.7. The van der Waals surface area contributed by atoms with E-state index in [1.54, 1.807) is 0 Å². The van der Waals surface area contributed by atoms with Gasteiger partial charge in [0, 0.05) is 0 Å². The normalized spacial score (nSPS) is 12.1. The smallest absolute Gasteiger partial charge is 0.193 e. The van der Waals surface area contributed by atoms with Gasteiger partial charge < -0.3 is 4.43 Å². The molecule has 0 bridgehead atoms. The number of rotatable bonds is 3. The third kappa shape index (κ3) is 4.77. The molecule has 0 amide bonds. The van der Waals surface area contributed by atoms with Gasteiger partial charge in [-0.3, -0.25) is 4.84 Å². The molecular weight excluding hydrogens is 194 g/mol. The van der Waals surface area contributed by atoms with Crippen molar-refractivity contribution in [2.45, 2.75) is 38.9 Å². The van der Waals surface area contributed by atoms with Crippen molar-refractivity contribution in [1.82, 2.24) is 0 Å². The Labute approximate surface area is 88.0 Å². The van der Waals surface area contributed by atoms with Crippen molar-refractivity contribution in [2.75, 3.05) is 13.2 Å². The Morgan fingerprint density at radius 2 is 1.64 bits per heavy atom. The highest BCUT2D eigenvalue weighted by atomic mass is 28.4. The van der Waals surface area contributed by atoms with Gasteiger partial charge in [0.05, 0.1) is 6.61 Å². The Kier molecular flexibility index (Phi) is 5.38. The summed E-state index contributed by atoms with van der Waals surface area (Å²) in [5.74, 6) is 10.5. The minimum atomic E-state index is -1.64. The topological polar surface area (TPSA) is 44.5 Å². The predicted octanol–water partition coefficient (Wildman–Crippen LogP) is 1.90. The molecule has 0 aliphatic heterocycles. The van der Waals surface area contributed by atoms with Gasteiger partial charge in [-0.15, -0.1) is 0 Å². The fraction of sp³-hybridized carbons (Fsp3) is 0.800. The Balaban J connectivity index is 3.97. The fourth-order valence-corrected chi connectivity index (χ4v) is 1.44. The van der Waals surface area contributed by atoms with E-state index in [4.69, 9.17) is 10.3 Å². The van der Waals surface area contributed by atoms with E-state index in [1.165, 1.54) is 0 Å². The van der Waals surface area contributed by atoms with Crippen LogP contribution in [0.2, 0.25) is 18.1 Å². The molecule has 0 heterocycles. The van der Waals surface area contributed by atoms with Gasteiger partial charge in [-0.1, -0.05) is 32.6 Å². The van der Waals surface area contributed by atoms with Crippen LogP contribution < -0.4 is 5.90 Å². The van der Waals surface area contributed by atoms with E-state index in [1.807, 2.05) is 0 Å². The molecule has 82 valence electrons. The maximum absolute atomic E-state index is 5.81. The predicted molar refractivity (Wildman–Crippen MR) is 61.1 cm³/mol. The van der Waals surface area contributed by atoms with E-state index < -0.39 is 8.32 Å². The Hall–Kier alpha value is -0.343. The van der Waals surface area contributed by atoms with Crippen LogP contribution in [-0.2, 0) is 9.26 Å². The number of nitrogens with two attached hydrogens (primary N) is 1. The van der Waals surface area contributed by atoms with E-state index in [0.29, 0.717) is 6.61 Å². The zero-order chi connectivity index (χ0) is 11.2. The third-order valence-electron chi connectivity index (χ3n) is 2.59. The van der Waals surface area contributed by atoms with Crippen LogP contribution in [0.4, 0.5) is 0 Å². The van der Waals surface area contributed by atoms with Crippen LogP contribution in [0.1, 0.15) is 20.8 Å². The van der Waals surface area contributed by atoms with E-state index >= 15 is 0 Å². The first-order valence-electron chi connectivity index (χ1n) is 4.72. The molecule has 0 atom stereocenters. The fourth-order valence-electron chi connectivity index (χ4n) is 0.577. The van der Waals surface area contributed by atoms with Crippen LogP contribution in [-0.4, -0.2) is 21.5 Å². The molecule has 0 spiro atoms. The zero-order valence-electron chi connectivity index (χ0n) is 9.81. The van der Waals surface area contributed by atoms with Crippen molar-refractivity contribution >= 4 is 8.32 Å². The van der Waals surface area contributed by atoms with Crippen LogP contribution in [0.3, 0.4) is 0 Å². The Morgan fingerprint density at radius 1 is 1.14 bits per heavy atom. The monoisotopic (exact) mass is 215 g/mol. The van der Waals surface area contributed by atoms with Gasteiger partial charge in [-0.2, -0.15) is 0 Å². The van der Waals surface area contributed by atoms with Crippen LogP contribution in [0, 0.1) is 11.8 Å². The quantitative estimate of drug-likeness (QED) is 0.444. The summed E-state index contributed by atoms with van der Waals surface area (Å²) in [5, 5.41) is 0.235. The lowest BCUT2D eigenvalue weighted by atomic mass is 10.2. The molecule has 0 radical (unpaired) electrons. The molecule has 0 unspecified atom stereocenters. The third-order valence-corrected chi connectivity index (χ3v) is 7.07. The molecule has 4 heteroatoms. The maximum Gasteiger partial charge on any atom is 0.193 e. The van der Waals surface area contributed by atoms with Crippen LogP contribution in [0.15, 0.2) is 0 Å². The molecule has 0 aliphatic carbocycles. The van der Waals surface area contributed by atoms with Crippen molar-refractivity contribution in [3.8, 4) is 11.8 Å². The summed E-state index contributed by atoms with van der Waals surface area (Å²) in [6.07, 6.45) is 0. The second-order valence-electron chi connectivity index (χ2n) is 4.71. The SMILES string of the molecule is CC(C)(C)[Si](C)(C)OCC#CCON. The van der Waals surface area contributed by atoms with Crippen molar-refractivity contribution in [2.24, 2.45) is 5.90 Å². The highest BCUT2D eigenvalue weighted by molar-refractivity contribution is 6.74. The molecule has 0 aliphatic rings. The second kappa shape index (κ2) is 5.52. The minimum Gasteiger partial charge on any atom is -0.406 e. The minimum absolute atomic E-state index is 0.235. The van der Waals surface area contributed by atoms with Gasteiger partial charge in [0.2, 0.25) is 0 Å². The first-order chi connectivity index (χ1) is 6.31. The lowest BCUT2D eigenvalue weighted by molar-refractivity contribution is 0.173. The van der Waals surface area contributed by atoms with E-state index in [-0.39, 0.29) is 11.6 Å². The van der Waals surface area contributed by atoms with Crippen LogP contribution in [0.5, 0.6) is 0 Å². The zero-order valence-corrected chi connectivity index (χ0v) is 10.8. The number of hydrogen-bond acceptors (Lipinski definition) is 3. The van der Waals surface area contributed by atoms with Gasteiger partial charge in [0.1, 0.15) is 6.61 Å². The lowest BCUT2D eigenvalue weighted by Crippen LogP contribution is -2.40. The van der Waals surface area contributed by atoms with Crippen molar-refractivity contribution in [3.05, 3.63) is 0 Å². The van der Waals surface area contributed by atoms with E-state index in [2.05, 4.69) is 50.5 Å². The Morgan fingerprint density at radius 3 is 2.07 bits per heavy atom. The summed E-state index contributed by atoms with van der Waals surface area (Å²) in [6.45, 7) is 11.8. The molecule has 0 aromatic rings. The molecule has 0 saturated carbocycles. The summed E-state index contributed by atoms with van der Waals surface area (Å²) < 4.78 is 5.81. The lowest BCUT2D eigenvalue weighted by Gasteiger charge is -2.35. The van der Waals surface area contributed by atoms with Crippen LogP contribution in [0.25, 0.3) is 0 Å². The second-order valence-corrected chi connectivity index (χ2v) is 9.52. The van der Waals surface area contributed by atoms with E-state index in [9.17, 15) is 0 Å². The van der Waals surface area contributed by atoms with Gasteiger partial charge in [0.15, 0.2) is 8.32 Å². The van der Waals surface area contributed by atoms with Crippen molar-refractivity contribution in [3.63, 3.8) is 0 Å². The standard InChI is InChI=1S/C10H21NO2Si/c1-10(2,3)14(4,5)13-9-7-6-8-12-11/h8-9,11H2,1-5H3. The average Bonchev–Trinajstić information content (AvgIpc) is 2.02. The molecule has 0 aromatic carbocycles. The van der Waals surface area contributed by atoms with Crippen LogP contribution >= 0.6 is 0 Å². The largest absolute Gasteiger partial charge is 0.406 e. The average molecular weight is 215 g/mol. The van der Waals surface area contributed by atoms with Crippen molar-refractivity contribution in [1.29, 1.82) is 0 Å². The summed E-state index contributed by atoms with van der Waals surface area (Å²) in [5.41, 5.74) is 0. The molecule has 0 rings (SSSR count). The highest BCUT2D eigenvalue weighted by Crippen LogP contribution is 2.36. The van der Waals surface area contributed by atoms with Gasteiger partial charge in [-0.25, -0.2) is 5.90 Å². The molecule has 0 saturated heterocycles. The van der Waals surface area contributed by atoms with E-state index in [0.717, 1.165) is 0 Å². The van der Waals surface area contributed by atoms with Gasteiger partial charge in [-0.05, 0) is 18.1 Å². The number of hydrogen-bond donors (Lipinski definition) is 1. The summed E-state index contributed by atoms with van der Waals surface area (Å²) in [7, 11) is -1.64. The highest BCUT2D eigenvalue weighted by Gasteiger charge is 2.36. The molecule has 14 heavy (non-hydrogen) atoms. The molecule has 0 aromatic heterocycles. The molecule has 2 N–H and O–H groups in total. The van der Waals surface area contributed by atoms with Crippen molar-refractivity contribution < 1.29 is 9.26 Å². The first-order valence-corrected chi connectivity index (χ1v) is 7.63. The summed E-state index contributed by atoms with van der Waals surface area (Å²) in [6, 6.07) is 0. The summed E-state index contributed by atoms with van der Waals surface area (Å²) >= 11 is 0. The molecule has 0 fully saturated rings. The molecular formula is C10H21NO2Si. The van der Waals surface area contributed by atoms with Gasteiger partial charge >= 0.3 is 0 Å². The maximum atomic E-state index is 5.81.